The SMILES string of the molecule is COc1ccccc1NC(C)(C(N)=O)C1CC1. The zero-order chi connectivity index (χ0) is 12.5. The van der Waals surface area contributed by atoms with Gasteiger partial charge >= 0.3 is 0 Å². The Labute approximate surface area is 101 Å². The van der Waals surface area contributed by atoms with E-state index in [1.165, 1.54) is 0 Å². The van der Waals surface area contributed by atoms with Crippen molar-refractivity contribution in [2.24, 2.45) is 11.7 Å². The van der Waals surface area contributed by atoms with Crippen molar-refractivity contribution in [1.82, 2.24) is 0 Å². The van der Waals surface area contributed by atoms with Gasteiger partial charge in [-0.15, -0.1) is 0 Å². The maximum absolute atomic E-state index is 11.6. The monoisotopic (exact) mass is 234 g/mol. The minimum atomic E-state index is -0.686. The molecule has 0 saturated heterocycles. The Hall–Kier alpha value is -1.71. The lowest BCUT2D eigenvalue weighted by Crippen LogP contribution is -2.49. The summed E-state index contributed by atoms with van der Waals surface area (Å²) < 4.78 is 5.26. The Bertz CT molecular complexity index is 429. The molecule has 0 spiro atoms. The van der Waals surface area contributed by atoms with Gasteiger partial charge in [0.05, 0.1) is 12.8 Å². The van der Waals surface area contributed by atoms with E-state index in [2.05, 4.69) is 5.32 Å². The summed E-state index contributed by atoms with van der Waals surface area (Å²) in [6.07, 6.45) is 2.09. The zero-order valence-corrected chi connectivity index (χ0v) is 10.2. The molecule has 2 rings (SSSR count). The highest BCUT2D eigenvalue weighted by Crippen LogP contribution is 2.42. The van der Waals surface area contributed by atoms with E-state index < -0.39 is 5.54 Å². The summed E-state index contributed by atoms with van der Waals surface area (Å²) in [5, 5.41) is 3.24. The van der Waals surface area contributed by atoms with Gasteiger partial charge < -0.3 is 15.8 Å². The second-order valence-corrected chi connectivity index (χ2v) is 4.67. The van der Waals surface area contributed by atoms with Crippen molar-refractivity contribution in [1.29, 1.82) is 0 Å². The molecule has 1 aliphatic rings. The van der Waals surface area contributed by atoms with Crippen molar-refractivity contribution >= 4 is 11.6 Å². The van der Waals surface area contributed by atoms with Crippen LogP contribution < -0.4 is 15.8 Å². The minimum Gasteiger partial charge on any atom is -0.495 e. The molecule has 1 fully saturated rings. The Morgan fingerprint density at radius 2 is 2.12 bits per heavy atom. The fraction of sp³-hybridized carbons (Fsp3) is 0.462. The van der Waals surface area contributed by atoms with Crippen LogP contribution in [0.1, 0.15) is 19.8 Å². The van der Waals surface area contributed by atoms with Crippen LogP contribution in [0.5, 0.6) is 5.75 Å². The van der Waals surface area contributed by atoms with Crippen molar-refractivity contribution in [3.63, 3.8) is 0 Å². The molecular formula is C13H18N2O2. The van der Waals surface area contributed by atoms with Gasteiger partial charge in [0.25, 0.3) is 0 Å². The van der Waals surface area contributed by atoms with Crippen LogP contribution in [0.25, 0.3) is 0 Å². The van der Waals surface area contributed by atoms with Crippen LogP contribution in [0, 0.1) is 5.92 Å². The second kappa shape index (κ2) is 4.28. The first-order valence-electron chi connectivity index (χ1n) is 5.79. The number of ether oxygens (including phenoxy) is 1. The average Bonchev–Trinajstić information content (AvgIpc) is 3.13. The highest BCUT2D eigenvalue weighted by atomic mass is 16.5. The number of amides is 1. The van der Waals surface area contributed by atoms with E-state index in [-0.39, 0.29) is 5.91 Å². The van der Waals surface area contributed by atoms with Crippen LogP contribution in [-0.2, 0) is 4.79 Å². The smallest absolute Gasteiger partial charge is 0.243 e. The summed E-state index contributed by atoms with van der Waals surface area (Å²) in [5.41, 5.74) is 5.63. The lowest BCUT2D eigenvalue weighted by Gasteiger charge is -2.29. The van der Waals surface area contributed by atoms with Gasteiger partial charge in [-0.2, -0.15) is 0 Å². The summed E-state index contributed by atoms with van der Waals surface area (Å²) in [5.74, 6) is 0.733. The number of primary amides is 1. The first-order valence-corrected chi connectivity index (χ1v) is 5.79. The summed E-state index contributed by atoms with van der Waals surface area (Å²) in [4.78, 5) is 11.6. The lowest BCUT2D eigenvalue weighted by molar-refractivity contribution is -0.122. The van der Waals surface area contributed by atoms with E-state index in [0.717, 1.165) is 24.3 Å². The van der Waals surface area contributed by atoms with Crippen LogP contribution in [-0.4, -0.2) is 18.6 Å². The maximum Gasteiger partial charge on any atom is 0.243 e. The van der Waals surface area contributed by atoms with Gasteiger partial charge in [0.2, 0.25) is 5.91 Å². The first kappa shape index (κ1) is 11.8. The molecule has 1 atom stereocenters. The molecule has 1 aromatic carbocycles. The number of anilines is 1. The molecule has 4 heteroatoms. The van der Waals surface area contributed by atoms with Gasteiger partial charge in [0.1, 0.15) is 11.3 Å². The predicted octanol–water partition coefficient (Wildman–Crippen LogP) is 1.76. The molecule has 4 nitrogen and oxygen atoms in total. The van der Waals surface area contributed by atoms with E-state index in [1.807, 2.05) is 31.2 Å². The van der Waals surface area contributed by atoms with E-state index in [9.17, 15) is 4.79 Å². The number of hydrogen-bond acceptors (Lipinski definition) is 3. The summed E-state index contributed by atoms with van der Waals surface area (Å²) in [6.45, 7) is 1.86. The van der Waals surface area contributed by atoms with E-state index in [0.29, 0.717) is 5.92 Å². The third kappa shape index (κ3) is 2.20. The van der Waals surface area contributed by atoms with Gasteiger partial charge in [-0.25, -0.2) is 0 Å². The van der Waals surface area contributed by atoms with Gasteiger partial charge in [-0.1, -0.05) is 12.1 Å². The molecule has 0 radical (unpaired) electrons. The Morgan fingerprint density at radius 1 is 1.47 bits per heavy atom. The number of methoxy groups -OCH3 is 1. The van der Waals surface area contributed by atoms with E-state index in [1.54, 1.807) is 7.11 Å². The first-order chi connectivity index (χ1) is 8.08. The quantitative estimate of drug-likeness (QED) is 0.816. The van der Waals surface area contributed by atoms with Crippen molar-refractivity contribution in [2.75, 3.05) is 12.4 Å². The predicted molar refractivity (Wildman–Crippen MR) is 66.9 cm³/mol. The third-order valence-corrected chi connectivity index (χ3v) is 3.41. The lowest BCUT2D eigenvalue weighted by atomic mass is 9.94. The maximum atomic E-state index is 11.6. The fourth-order valence-corrected chi connectivity index (χ4v) is 2.05. The van der Waals surface area contributed by atoms with E-state index in [4.69, 9.17) is 10.5 Å². The van der Waals surface area contributed by atoms with Crippen LogP contribution in [0.3, 0.4) is 0 Å². The van der Waals surface area contributed by atoms with Crippen molar-refractivity contribution < 1.29 is 9.53 Å². The molecule has 1 amide bonds. The highest BCUT2D eigenvalue weighted by Gasteiger charge is 2.46. The molecule has 1 unspecified atom stereocenters. The molecule has 1 aromatic rings. The van der Waals surface area contributed by atoms with Gasteiger partial charge in [-0.05, 0) is 37.8 Å². The summed E-state index contributed by atoms with van der Waals surface area (Å²) in [7, 11) is 1.61. The molecule has 92 valence electrons. The van der Waals surface area contributed by atoms with Gasteiger partial charge in [0.15, 0.2) is 0 Å². The molecule has 0 heterocycles. The Kier molecular flexibility index (Phi) is 2.96. The topological polar surface area (TPSA) is 64.3 Å². The molecule has 0 aromatic heterocycles. The van der Waals surface area contributed by atoms with Gasteiger partial charge in [0, 0.05) is 0 Å². The number of nitrogens with two attached hydrogens (primary N) is 1. The number of hydrogen-bond donors (Lipinski definition) is 2. The minimum absolute atomic E-state index is 0.314. The molecule has 1 saturated carbocycles. The van der Waals surface area contributed by atoms with E-state index >= 15 is 0 Å². The number of rotatable bonds is 5. The highest BCUT2D eigenvalue weighted by molar-refractivity contribution is 5.88. The zero-order valence-electron chi connectivity index (χ0n) is 10.2. The largest absolute Gasteiger partial charge is 0.495 e. The number of carbonyl (C=O) groups is 1. The molecule has 3 N–H and O–H groups in total. The molecular weight excluding hydrogens is 216 g/mol. The Balaban J connectivity index is 2.26. The van der Waals surface area contributed by atoms with Crippen LogP contribution in [0.4, 0.5) is 5.69 Å². The molecule has 0 bridgehead atoms. The Morgan fingerprint density at radius 3 is 2.65 bits per heavy atom. The number of nitrogens with one attached hydrogen (secondary N) is 1. The summed E-state index contributed by atoms with van der Waals surface area (Å²) >= 11 is 0. The summed E-state index contributed by atoms with van der Waals surface area (Å²) in [6, 6.07) is 7.54. The number of carbonyl (C=O) groups excluding carboxylic acids is 1. The standard InChI is InChI=1S/C13H18N2O2/c1-13(12(14)16,9-7-8-9)15-10-5-3-4-6-11(10)17-2/h3-6,9,15H,7-8H2,1-2H3,(H2,14,16). The number of benzene rings is 1. The number of para-hydroxylation sites is 2. The third-order valence-electron chi connectivity index (χ3n) is 3.41. The average molecular weight is 234 g/mol. The molecule has 17 heavy (non-hydrogen) atoms. The van der Waals surface area contributed by atoms with Crippen LogP contribution >= 0.6 is 0 Å². The van der Waals surface area contributed by atoms with Crippen molar-refractivity contribution in [3.05, 3.63) is 24.3 Å². The molecule has 0 aliphatic heterocycles. The van der Waals surface area contributed by atoms with Crippen molar-refractivity contribution in [3.8, 4) is 5.75 Å². The van der Waals surface area contributed by atoms with Crippen molar-refractivity contribution in [2.45, 2.75) is 25.3 Å². The van der Waals surface area contributed by atoms with Crippen LogP contribution in [0.2, 0.25) is 0 Å². The second-order valence-electron chi connectivity index (χ2n) is 4.67. The van der Waals surface area contributed by atoms with Gasteiger partial charge in [-0.3, -0.25) is 4.79 Å². The molecule has 1 aliphatic carbocycles. The fourth-order valence-electron chi connectivity index (χ4n) is 2.05. The van der Waals surface area contributed by atoms with Crippen LogP contribution in [0.15, 0.2) is 24.3 Å². The normalized spacial score (nSPS) is 18.2.